The first kappa shape index (κ1) is 23.5. The predicted molar refractivity (Wildman–Crippen MR) is 127 cm³/mol. The summed E-state index contributed by atoms with van der Waals surface area (Å²) in [4.78, 5) is 6.60. The Bertz CT molecular complexity index is 1330. The molecule has 3 N–H and O–H groups in total. The van der Waals surface area contributed by atoms with E-state index in [0.29, 0.717) is 36.4 Å². The molecule has 0 saturated carbocycles. The topological polar surface area (TPSA) is 152 Å². The van der Waals surface area contributed by atoms with E-state index < -0.39 is 11.3 Å². The highest BCUT2D eigenvalue weighted by Crippen LogP contribution is 2.34. The Kier molecular flexibility index (Phi) is 7.11. The minimum absolute atomic E-state index is 0.112. The zero-order valence-corrected chi connectivity index (χ0v) is 19.9. The lowest BCUT2D eigenvalue weighted by Gasteiger charge is -2.15. The Morgan fingerprint density at radius 3 is 2.97 bits per heavy atom. The van der Waals surface area contributed by atoms with E-state index >= 15 is 0 Å². The number of benzene rings is 1. The monoisotopic (exact) mass is 499 g/mol. The molecule has 3 aromatic heterocycles. The van der Waals surface area contributed by atoms with Gasteiger partial charge in [0.05, 0.1) is 37.5 Å². The van der Waals surface area contributed by atoms with Gasteiger partial charge in [0.2, 0.25) is 28.9 Å². The van der Waals surface area contributed by atoms with Crippen molar-refractivity contribution in [1.82, 2.24) is 35.0 Å². The van der Waals surface area contributed by atoms with Gasteiger partial charge in [0.15, 0.2) is 0 Å². The molecule has 0 bridgehead atoms. The Labute approximate surface area is 203 Å². The smallest absolute Gasteiger partial charge is 0.248 e. The molecule has 35 heavy (non-hydrogen) atoms. The summed E-state index contributed by atoms with van der Waals surface area (Å²) in [6.45, 7) is 3.89. The number of pyridine rings is 1. The van der Waals surface area contributed by atoms with Crippen LogP contribution in [0.4, 0.5) is 0 Å². The molecule has 5 rings (SSSR count). The summed E-state index contributed by atoms with van der Waals surface area (Å²) in [6.07, 6.45) is 4.38. The highest BCUT2D eigenvalue weighted by atomic mass is 32.2. The maximum absolute atomic E-state index is 11.1. The average Bonchev–Trinajstić information content (AvgIpc) is 3.46. The number of nitrogens with zero attached hydrogens (tertiary/aromatic N) is 5. The summed E-state index contributed by atoms with van der Waals surface area (Å²) in [5.41, 5.74) is 3.81. The molecule has 1 saturated heterocycles. The van der Waals surface area contributed by atoms with Crippen LogP contribution in [0.3, 0.4) is 0 Å². The SMILES string of the molecule is COc1ncc(-c2cc(-c3nnc(CN4CCCOCC4)o3)c3cn[nH]c3c2)cc1CNS(=O)O. The summed E-state index contributed by atoms with van der Waals surface area (Å²) < 4.78 is 39.5. The molecule has 184 valence electrons. The van der Waals surface area contributed by atoms with E-state index in [1.165, 1.54) is 7.11 Å². The van der Waals surface area contributed by atoms with Crippen LogP contribution in [-0.2, 0) is 29.1 Å². The van der Waals surface area contributed by atoms with Crippen molar-refractivity contribution in [3.8, 4) is 28.5 Å². The number of aromatic nitrogens is 5. The molecular formula is C22H25N7O5S. The zero-order chi connectivity index (χ0) is 24.2. The van der Waals surface area contributed by atoms with Crippen LogP contribution in [0.2, 0.25) is 0 Å². The second-order valence-corrected chi connectivity index (χ2v) is 8.85. The second-order valence-electron chi connectivity index (χ2n) is 8.06. The molecule has 12 nitrogen and oxygen atoms in total. The average molecular weight is 500 g/mol. The van der Waals surface area contributed by atoms with Crippen molar-refractivity contribution >= 4 is 22.2 Å². The van der Waals surface area contributed by atoms with Gasteiger partial charge in [0, 0.05) is 49.0 Å². The van der Waals surface area contributed by atoms with Crippen LogP contribution < -0.4 is 9.46 Å². The normalized spacial score (nSPS) is 15.8. The Hall–Kier alpha value is -3.23. The maximum atomic E-state index is 11.1. The van der Waals surface area contributed by atoms with Gasteiger partial charge in [-0.2, -0.15) is 5.10 Å². The number of ether oxygens (including phenoxy) is 2. The molecule has 1 aliphatic rings. The number of aromatic amines is 1. The van der Waals surface area contributed by atoms with Crippen molar-refractivity contribution in [3.63, 3.8) is 0 Å². The summed E-state index contributed by atoms with van der Waals surface area (Å²) in [5, 5.41) is 16.6. The van der Waals surface area contributed by atoms with Crippen molar-refractivity contribution in [1.29, 1.82) is 0 Å². The number of hydrogen-bond donors (Lipinski definition) is 3. The van der Waals surface area contributed by atoms with Crippen LogP contribution in [0.1, 0.15) is 17.9 Å². The summed E-state index contributed by atoms with van der Waals surface area (Å²) >= 11 is -2.16. The quantitative estimate of drug-likeness (QED) is 0.307. The molecule has 1 unspecified atom stereocenters. The fourth-order valence-electron chi connectivity index (χ4n) is 4.07. The van der Waals surface area contributed by atoms with Gasteiger partial charge in [-0.05, 0) is 30.2 Å². The molecule has 0 spiro atoms. The highest BCUT2D eigenvalue weighted by Gasteiger charge is 2.18. The van der Waals surface area contributed by atoms with Crippen molar-refractivity contribution in [3.05, 3.63) is 42.0 Å². The molecule has 4 aromatic rings. The Morgan fingerprint density at radius 2 is 2.11 bits per heavy atom. The molecule has 0 amide bonds. The van der Waals surface area contributed by atoms with Crippen molar-refractivity contribution < 1.29 is 22.7 Å². The lowest BCUT2D eigenvalue weighted by atomic mass is 10.0. The van der Waals surface area contributed by atoms with E-state index in [0.717, 1.165) is 53.7 Å². The van der Waals surface area contributed by atoms with Crippen LogP contribution in [0.25, 0.3) is 33.5 Å². The second kappa shape index (κ2) is 10.6. The van der Waals surface area contributed by atoms with Crippen molar-refractivity contribution in [2.75, 3.05) is 33.4 Å². The number of fused-ring (bicyclic) bond motifs is 1. The van der Waals surface area contributed by atoms with Gasteiger partial charge in [-0.3, -0.25) is 14.6 Å². The molecular weight excluding hydrogens is 474 g/mol. The number of methoxy groups -OCH3 is 1. The van der Waals surface area contributed by atoms with E-state index in [1.54, 1.807) is 12.4 Å². The van der Waals surface area contributed by atoms with Gasteiger partial charge >= 0.3 is 0 Å². The summed E-state index contributed by atoms with van der Waals surface area (Å²) in [5.74, 6) is 1.31. The molecule has 13 heteroatoms. The fraction of sp³-hybridized carbons (Fsp3) is 0.364. The van der Waals surface area contributed by atoms with E-state index in [-0.39, 0.29) is 6.54 Å². The van der Waals surface area contributed by atoms with Crippen LogP contribution >= 0.6 is 0 Å². The van der Waals surface area contributed by atoms with E-state index in [9.17, 15) is 4.21 Å². The van der Waals surface area contributed by atoms with Crippen molar-refractivity contribution in [2.24, 2.45) is 0 Å². The first-order valence-corrected chi connectivity index (χ1v) is 12.2. The number of H-pyrrole nitrogens is 1. The Balaban J connectivity index is 1.48. The molecule has 1 aliphatic heterocycles. The third-order valence-electron chi connectivity index (χ3n) is 5.77. The molecule has 0 aliphatic carbocycles. The molecule has 1 fully saturated rings. The lowest BCUT2D eigenvalue weighted by molar-refractivity contribution is 0.138. The summed E-state index contributed by atoms with van der Waals surface area (Å²) in [6, 6.07) is 5.75. The largest absolute Gasteiger partial charge is 0.481 e. The highest BCUT2D eigenvalue weighted by molar-refractivity contribution is 7.77. The van der Waals surface area contributed by atoms with Crippen LogP contribution in [0.5, 0.6) is 5.88 Å². The predicted octanol–water partition coefficient (Wildman–Crippen LogP) is 2.13. The standard InChI is InChI=1S/C22H25N7O5S/c1-32-21-16(11-25-35(30)31)7-15(10-23-21)14-8-17(18-12-24-26-19(18)9-14)22-28-27-20(34-22)13-29-3-2-5-33-6-4-29/h7-10,12,25H,2-6,11,13H2,1H3,(H,24,26)(H,30,31). The number of rotatable bonds is 8. The third kappa shape index (κ3) is 5.39. The van der Waals surface area contributed by atoms with Gasteiger partial charge in [0.1, 0.15) is 0 Å². The van der Waals surface area contributed by atoms with Gasteiger partial charge in [0.25, 0.3) is 0 Å². The van der Waals surface area contributed by atoms with Gasteiger partial charge in [-0.15, -0.1) is 10.2 Å². The number of hydrogen-bond acceptors (Lipinski definition) is 9. The van der Waals surface area contributed by atoms with Gasteiger partial charge < -0.3 is 13.9 Å². The third-order valence-corrected chi connectivity index (χ3v) is 6.16. The first-order valence-electron chi connectivity index (χ1n) is 11.1. The molecule has 1 atom stereocenters. The van der Waals surface area contributed by atoms with Crippen LogP contribution in [0, 0.1) is 0 Å². The fourth-order valence-corrected chi connectivity index (χ4v) is 4.35. The molecule has 0 radical (unpaired) electrons. The van der Waals surface area contributed by atoms with Crippen molar-refractivity contribution in [2.45, 2.75) is 19.5 Å². The van der Waals surface area contributed by atoms with Crippen LogP contribution in [-0.4, -0.2) is 72.5 Å². The Morgan fingerprint density at radius 1 is 1.20 bits per heavy atom. The minimum atomic E-state index is -2.16. The lowest BCUT2D eigenvalue weighted by Crippen LogP contribution is -2.25. The van der Waals surface area contributed by atoms with E-state index in [4.69, 9.17) is 18.4 Å². The zero-order valence-electron chi connectivity index (χ0n) is 19.1. The van der Waals surface area contributed by atoms with Gasteiger partial charge in [-0.1, -0.05) is 0 Å². The van der Waals surface area contributed by atoms with E-state index in [2.05, 4.69) is 35.0 Å². The molecule has 1 aromatic carbocycles. The maximum Gasteiger partial charge on any atom is 0.248 e. The first-order chi connectivity index (χ1) is 17.1. The molecule has 4 heterocycles. The van der Waals surface area contributed by atoms with Crippen LogP contribution in [0.15, 0.2) is 35.0 Å². The summed E-state index contributed by atoms with van der Waals surface area (Å²) in [7, 11) is 1.50. The minimum Gasteiger partial charge on any atom is -0.481 e. The van der Waals surface area contributed by atoms with E-state index in [1.807, 2.05) is 18.2 Å². The van der Waals surface area contributed by atoms with Gasteiger partial charge in [-0.25, -0.2) is 13.9 Å². The number of nitrogens with one attached hydrogen (secondary N) is 2.